The van der Waals surface area contributed by atoms with E-state index in [1.807, 2.05) is 34.6 Å². The highest BCUT2D eigenvalue weighted by molar-refractivity contribution is 5.81. The summed E-state index contributed by atoms with van der Waals surface area (Å²) >= 11 is 0. The SMILES string of the molecule is CC(=O)[C@H](OC(C)C)[C@@H](O)[C@H](C)C[C@@H]1COC(C)(C)O1. The molecule has 1 aliphatic heterocycles. The van der Waals surface area contributed by atoms with E-state index >= 15 is 0 Å². The molecule has 0 spiro atoms. The van der Waals surface area contributed by atoms with E-state index in [1.165, 1.54) is 6.92 Å². The van der Waals surface area contributed by atoms with Crippen molar-refractivity contribution in [2.24, 2.45) is 5.92 Å². The Morgan fingerprint density at radius 2 is 2.00 bits per heavy atom. The normalized spacial score (nSPS) is 26.5. The molecule has 0 amide bonds. The summed E-state index contributed by atoms with van der Waals surface area (Å²) in [6.45, 7) is 11.3. The van der Waals surface area contributed by atoms with E-state index in [2.05, 4.69) is 0 Å². The van der Waals surface area contributed by atoms with E-state index in [-0.39, 0.29) is 23.9 Å². The molecule has 0 aliphatic carbocycles. The minimum absolute atomic E-state index is 0.0543. The molecule has 20 heavy (non-hydrogen) atoms. The van der Waals surface area contributed by atoms with Crippen LogP contribution in [-0.2, 0) is 19.0 Å². The molecule has 1 heterocycles. The van der Waals surface area contributed by atoms with E-state index < -0.39 is 18.0 Å². The number of carbonyl (C=O) groups excluding carboxylic acids is 1. The van der Waals surface area contributed by atoms with Gasteiger partial charge in [-0.3, -0.25) is 4.79 Å². The molecule has 0 radical (unpaired) electrons. The zero-order valence-corrected chi connectivity index (χ0v) is 13.4. The quantitative estimate of drug-likeness (QED) is 0.775. The first kappa shape index (κ1) is 17.6. The minimum atomic E-state index is -0.831. The zero-order chi connectivity index (χ0) is 15.5. The maximum Gasteiger partial charge on any atom is 0.163 e. The lowest BCUT2D eigenvalue weighted by Gasteiger charge is -2.29. The molecule has 0 aromatic rings. The molecule has 0 unspecified atom stereocenters. The van der Waals surface area contributed by atoms with E-state index in [0.717, 1.165) is 0 Å². The highest BCUT2D eigenvalue weighted by atomic mass is 16.7. The maximum absolute atomic E-state index is 11.6. The Balaban J connectivity index is 2.56. The van der Waals surface area contributed by atoms with Crippen LogP contribution in [0.4, 0.5) is 0 Å². The van der Waals surface area contributed by atoms with Gasteiger partial charge >= 0.3 is 0 Å². The van der Waals surface area contributed by atoms with E-state index in [0.29, 0.717) is 13.0 Å². The number of hydrogen-bond acceptors (Lipinski definition) is 5. The van der Waals surface area contributed by atoms with Gasteiger partial charge in [0.05, 0.1) is 24.9 Å². The van der Waals surface area contributed by atoms with Gasteiger partial charge in [0.2, 0.25) is 0 Å². The van der Waals surface area contributed by atoms with Crippen LogP contribution in [0.3, 0.4) is 0 Å². The Kier molecular flexibility index (Phi) is 6.13. The molecule has 4 atom stereocenters. The molecule has 1 aliphatic rings. The van der Waals surface area contributed by atoms with Gasteiger partial charge in [0, 0.05) is 0 Å². The van der Waals surface area contributed by atoms with Gasteiger partial charge in [0.25, 0.3) is 0 Å². The molecule has 1 N–H and O–H groups in total. The van der Waals surface area contributed by atoms with Crippen LogP contribution in [0.5, 0.6) is 0 Å². The predicted octanol–water partition coefficient (Wildman–Crippen LogP) is 1.91. The third kappa shape index (κ3) is 5.13. The Morgan fingerprint density at radius 3 is 2.40 bits per heavy atom. The van der Waals surface area contributed by atoms with Gasteiger partial charge in [0.15, 0.2) is 11.6 Å². The average molecular weight is 288 g/mol. The molecule has 0 saturated carbocycles. The van der Waals surface area contributed by atoms with Crippen molar-refractivity contribution in [1.82, 2.24) is 0 Å². The van der Waals surface area contributed by atoms with Crippen molar-refractivity contribution in [1.29, 1.82) is 0 Å². The predicted molar refractivity (Wildman–Crippen MR) is 75.4 cm³/mol. The molecule has 5 nitrogen and oxygen atoms in total. The number of Topliss-reactive ketones (excluding diaryl/α,β-unsaturated/α-hetero) is 1. The second-order valence-electron chi connectivity index (χ2n) is 6.37. The fourth-order valence-corrected chi connectivity index (χ4v) is 2.44. The van der Waals surface area contributed by atoms with Crippen LogP contribution in [0.25, 0.3) is 0 Å². The molecule has 1 fully saturated rings. The Hall–Kier alpha value is -0.490. The van der Waals surface area contributed by atoms with E-state index in [9.17, 15) is 9.90 Å². The van der Waals surface area contributed by atoms with Gasteiger partial charge in [-0.25, -0.2) is 0 Å². The van der Waals surface area contributed by atoms with Gasteiger partial charge in [-0.15, -0.1) is 0 Å². The highest BCUT2D eigenvalue weighted by Gasteiger charge is 2.37. The Bertz CT molecular complexity index is 326. The number of aliphatic hydroxyl groups is 1. The van der Waals surface area contributed by atoms with Gasteiger partial charge in [0.1, 0.15) is 6.10 Å². The summed E-state index contributed by atoms with van der Waals surface area (Å²) in [5.74, 6) is -0.823. The third-order valence-electron chi connectivity index (χ3n) is 3.41. The third-order valence-corrected chi connectivity index (χ3v) is 3.41. The largest absolute Gasteiger partial charge is 0.390 e. The first-order valence-corrected chi connectivity index (χ1v) is 7.28. The number of carbonyl (C=O) groups is 1. The molecule has 0 aromatic carbocycles. The van der Waals surface area contributed by atoms with Crippen LogP contribution >= 0.6 is 0 Å². The van der Waals surface area contributed by atoms with Gasteiger partial charge in [-0.1, -0.05) is 6.92 Å². The molecular formula is C15H28O5. The molecule has 1 rings (SSSR count). The summed E-state index contributed by atoms with van der Waals surface area (Å²) in [5, 5.41) is 10.3. The Morgan fingerprint density at radius 1 is 1.40 bits per heavy atom. The highest BCUT2D eigenvalue weighted by Crippen LogP contribution is 2.28. The average Bonchev–Trinajstić information content (AvgIpc) is 2.64. The molecule has 118 valence electrons. The first-order valence-electron chi connectivity index (χ1n) is 7.28. The monoisotopic (exact) mass is 288 g/mol. The lowest BCUT2D eigenvalue weighted by atomic mass is 9.92. The second kappa shape index (κ2) is 6.98. The first-order chi connectivity index (χ1) is 9.12. The van der Waals surface area contributed by atoms with E-state index in [1.54, 1.807) is 0 Å². The fourth-order valence-electron chi connectivity index (χ4n) is 2.44. The van der Waals surface area contributed by atoms with Gasteiger partial charge in [-0.2, -0.15) is 0 Å². The van der Waals surface area contributed by atoms with Crippen LogP contribution in [0, 0.1) is 5.92 Å². The summed E-state index contributed by atoms with van der Waals surface area (Å²) < 4.78 is 16.8. The maximum atomic E-state index is 11.6. The smallest absolute Gasteiger partial charge is 0.163 e. The van der Waals surface area contributed by atoms with Crippen LogP contribution < -0.4 is 0 Å². The van der Waals surface area contributed by atoms with Crippen molar-refractivity contribution in [3.8, 4) is 0 Å². The number of rotatable bonds is 7. The fraction of sp³-hybridized carbons (Fsp3) is 0.933. The lowest BCUT2D eigenvalue weighted by Crippen LogP contribution is -2.42. The number of ether oxygens (including phenoxy) is 3. The standard InChI is InChI=1S/C15H28O5/c1-9(2)19-14(11(4)16)13(17)10(3)7-12-8-18-15(5,6)20-12/h9-10,12-14,17H,7-8H2,1-6H3/t10-,12-,13+,14+/m1/s1. The molecule has 5 heteroatoms. The zero-order valence-electron chi connectivity index (χ0n) is 13.4. The topological polar surface area (TPSA) is 65.0 Å². The lowest BCUT2D eigenvalue weighted by molar-refractivity contribution is -0.150. The minimum Gasteiger partial charge on any atom is -0.390 e. The number of aliphatic hydroxyl groups excluding tert-OH is 1. The van der Waals surface area contributed by atoms with Crippen molar-refractivity contribution in [3.05, 3.63) is 0 Å². The van der Waals surface area contributed by atoms with Gasteiger partial charge in [-0.05, 0) is 47.0 Å². The van der Waals surface area contributed by atoms with Crippen LogP contribution in [0.2, 0.25) is 0 Å². The molecule has 0 bridgehead atoms. The second-order valence-corrected chi connectivity index (χ2v) is 6.37. The summed E-state index contributed by atoms with van der Waals surface area (Å²) in [6, 6.07) is 0. The number of ketones is 1. The van der Waals surface area contributed by atoms with Crippen molar-refractivity contribution in [3.63, 3.8) is 0 Å². The summed E-state index contributed by atoms with van der Waals surface area (Å²) in [4.78, 5) is 11.6. The van der Waals surface area contributed by atoms with Crippen molar-refractivity contribution < 1.29 is 24.1 Å². The van der Waals surface area contributed by atoms with Gasteiger partial charge < -0.3 is 19.3 Å². The molecular weight excluding hydrogens is 260 g/mol. The number of hydrogen-bond donors (Lipinski definition) is 1. The van der Waals surface area contributed by atoms with Crippen LogP contribution in [0.15, 0.2) is 0 Å². The van der Waals surface area contributed by atoms with Crippen molar-refractivity contribution >= 4 is 5.78 Å². The molecule has 0 aromatic heterocycles. The van der Waals surface area contributed by atoms with E-state index in [4.69, 9.17) is 14.2 Å². The summed E-state index contributed by atoms with van der Waals surface area (Å²) in [7, 11) is 0. The van der Waals surface area contributed by atoms with Crippen molar-refractivity contribution in [2.45, 2.75) is 78.2 Å². The Labute approximate surface area is 121 Å². The molecule has 1 saturated heterocycles. The van der Waals surface area contributed by atoms with Crippen LogP contribution in [0.1, 0.15) is 48.0 Å². The summed E-state index contributed by atoms with van der Waals surface area (Å²) in [5.41, 5.74) is 0. The summed E-state index contributed by atoms with van der Waals surface area (Å²) in [6.07, 6.45) is -1.13. The van der Waals surface area contributed by atoms with Crippen LogP contribution in [-0.4, -0.2) is 47.7 Å². The van der Waals surface area contributed by atoms with Crippen molar-refractivity contribution in [2.75, 3.05) is 6.61 Å².